The monoisotopic (exact) mass is 830 g/mol. The molecule has 2 spiro atoms. The van der Waals surface area contributed by atoms with Gasteiger partial charge in [-0.25, -0.2) is 29.1 Å². The third-order valence-electron chi connectivity index (χ3n) is 13.9. The number of ether oxygens (including phenoxy) is 6. The van der Waals surface area contributed by atoms with Gasteiger partial charge in [-0.2, -0.15) is 26.3 Å². The second-order valence-electron chi connectivity index (χ2n) is 17.4. The Hall–Kier alpha value is -3.42. The first-order chi connectivity index (χ1) is 27.3. The van der Waals surface area contributed by atoms with Crippen molar-refractivity contribution in [2.24, 2.45) is 35.5 Å². The van der Waals surface area contributed by atoms with Crippen LogP contribution in [0.4, 0.5) is 26.3 Å². The molecular weight excluding hydrogens is 786 g/mol. The number of fused-ring (bicyclic) bond motifs is 4. The highest BCUT2D eigenvalue weighted by molar-refractivity contribution is 5.95. The van der Waals surface area contributed by atoms with E-state index in [1.807, 2.05) is 13.8 Å². The summed E-state index contributed by atoms with van der Waals surface area (Å²) in [7, 11) is 0. The summed E-state index contributed by atoms with van der Waals surface area (Å²) in [5, 5.41) is 0. The largest absolute Gasteiger partial charge is 0.457 e. The van der Waals surface area contributed by atoms with Crippen LogP contribution in [0.3, 0.4) is 0 Å². The Bertz CT molecular complexity index is 1800. The predicted octanol–water partition coefficient (Wildman–Crippen LogP) is 8.12. The van der Waals surface area contributed by atoms with Gasteiger partial charge in [-0.1, -0.05) is 19.9 Å². The summed E-state index contributed by atoms with van der Waals surface area (Å²) < 4.78 is 122. The number of carbonyl (C=O) groups excluding carboxylic acids is 2. The van der Waals surface area contributed by atoms with Crippen LogP contribution in [0.1, 0.15) is 99.8 Å². The third-order valence-corrected chi connectivity index (χ3v) is 13.9. The third kappa shape index (κ3) is 6.17. The van der Waals surface area contributed by atoms with Gasteiger partial charge in [-0.05, 0) is 82.4 Å². The lowest BCUT2D eigenvalue weighted by molar-refractivity contribution is -0.558. The molecule has 58 heavy (non-hydrogen) atoms. The molecule has 8 fully saturated rings. The van der Waals surface area contributed by atoms with Crippen molar-refractivity contribution >= 4 is 11.9 Å². The lowest BCUT2D eigenvalue weighted by atomic mass is 9.59. The smallest absolute Gasteiger partial charge is 0.449 e. The van der Waals surface area contributed by atoms with Gasteiger partial charge in [0.2, 0.25) is 35.7 Å². The fraction of sp³-hybridized carbons (Fsp3) is 0.700. The Balaban J connectivity index is 0.944. The van der Waals surface area contributed by atoms with Gasteiger partial charge in [0.15, 0.2) is 11.2 Å². The van der Waals surface area contributed by atoms with E-state index < -0.39 is 96.2 Å². The highest BCUT2D eigenvalue weighted by Crippen LogP contribution is 2.63. The quantitative estimate of drug-likeness (QED) is 0.156. The average molecular weight is 831 g/mol. The number of rotatable bonds is 6. The van der Waals surface area contributed by atoms with Gasteiger partial charge < -0.3 is 28.4 Å². The van der Waals surface area contributed by atoms with Crippen molar-refractivity contribution < 1.29 is 83.9 Å². The zero-order valence-corrected chi connectivity index (χ0v) is 32.2. The molecular formula is C40H44F6O12. The number of hydrogen-bond donors (Lipinski definition) is 0. The molecule has 0 N–H and O–H groups in total. The Morgan fingerprint density at radius 2 is 1.07 bits per heavy atom. The molecule has 6 saturated heterocycles. The highest BCUT2D eigenvalue weighted by Gasteiger charge is 2.72. The first kappa shape index (κ1) is 40.0. The molecule has 1 aromatic carbocycles. The van der Waals surface area contributed by atoms with Gasteiger partial charge in [0.05, 0.1) is 11.1 Å². The van der Waals surface area contributed by atoms with Crippen molar-refractivity contribution in [2.45, 2.75) is 127 Å². The van der Waals surface area contributed by atoms with Crippen LogP contribution in [-0.4, -0.2) is 72.9 Å². The molecule has 8 aliphatic heterocycles. The number of carbonyl (C=O) groups is 2. The Morgan fingerprint density at radius 1 is 0.655 bits per heavy atom. The molecule has 0 unspecified atom stereocenters. The van der Waals surface area contributed by atoms with Crippen molar-refractivity contribution in [1.29, 1.82) is 0 Å². The van der Waals surface area contributed by atoms with Crippen LogP contribution in [0.2, 0.25) is 0 Å². The van der Waals surface area contributed by atoms with Crippen LogP contribution < -0.4 is 0 Å². The lowest BCUT2D eigenvalue weighted by Gasteiger charge is -2.57. The zero-order valence-electron chi connectivity index (χ0n) is 32.2. The van der Waals surface area contributed by atoms with E-state index in [0.717, 1.165) is 6.07 Å². The van der Waals surface area contributed by atoms with Gasteiger partial charge in [-0.3, -0.25) is 0 Å². The maximum Gasteiger partial charge on any atom is 0.449 e. The second kappa shape index (κ2) is 13.5. The minimum atomic E-state index is -4.97. The average Bonchev–Trinajstić information content (AvgIpc) is 3.55. The van der Waals surface area contributed by atoms with E-state index in [2.05, 4.69) is 0 Å². The first-order valence-corrected chi connectivity index (χ1v) is 19.8. The SMILES string of the molecule is C[C@@H]1CC[C@H]2C(COC(=O)c3cccc(C(=O)OCC4=C(C(F)(F)F)O[C@@H]5O[C@]6(C)CC[C@H]7[C@H](C)CC[C@@H]4[C@@]57OO6)c3)=C(C(F)(F)F)O[C@@H]3O[C@@]4(C)CC[C@@H]1[C@]32OO4. The maximum absolute atomic E-state index is 14.6. The summed E-state index contributed by atoms with van der Waals surface area (Å²) in [5.74, 6) is -9.75. The van der Waals surface area contributed by atoms with Crippen LogP contribution >= 0.6 is 0 Å². The van der Waals surface area contributed by atoms with E-state index in [1.165, 1.54) is 18.2 Å². The molecule has 8 heterocycles. The number of benzene rings is 1. The van der Waals surface area contributed by atoms with Crippen molar-refractivity contribution in [3.8, 4) is 0 Å². The number of hydrogen-bond acceptors (Lipinski definition) is 12. The van der Waals surface area contributed by atoms with Crippen LogP contribution in [0.5, 0.6) is 0 Å². The van der Waals surface area contributed by atoms with Crippen molar-refractivity contribution in [3.63, 3.8) is 0 Å². The molecule has 2 aliphatic carbocycles. The molecule has 12 nitrogen and oxygen atoms in total. The Labute approximate surface area is 329 Å². The summed E-state index contributed by atoms with van der Waals surface area (Å²) >= 11 is 0. The van der Waals surface area contributed by atoms with Gasteiger partial charge in [0, 0.05) is 47.7 Å². The van der Waals surface area contributed by atoms with Gasteiger partial charge in [-0.15, -0.1) is 0 Å². The summed E-state index contributed by atoms with van der Waals surface area (Å²) in [6.45, 7) is 5.51. The second-order valence-corrected chi connectivity index (χ2v) is 17.4. The molecule has 11 rings (SSSR count). The first-order valence-electron chi connectivity index (χ1n) is 19.8. The Morgan fingerprint density at radius 3 is 1.47 bits per heavy atom. The van der Waals surface area contributed by atoms with Crippen LogP contribution in [0, 0.1) is 35.5 Å². The summed E-state index contributed by atoms with van der Waals surface area (Å²) in [6.07, 6.45) is -9.30. The minimum absolute atomic E-state index is 0.0439. The topological polar surface area (TPSA) is 126 Å². The van der Waals surface area contributed by atoms with Gasteiger partial charge in [0.1, 0.15) is 13.2 Å². The highest BCUT2D eigenvalue weighted by atomic mass is 19.4. The van der Waals surface area contributed by atoms with Gasteiger partial charge in [0.25, 0.3) is 0 Å². The molecule has 0 radical (unpaired) electrons. The van der Waals surface area contributed by atoms with Crippen LogP contribution in [-0.2, 0) is 48.0 Å². The molecule has 18 heteroatoms. The minimum Gasteiger partial charge on any atom is -0.457 e. The van der Waals surface area contributed by atoms with Crippen molar-refractivity contribution in [3.05, 3.63) is 58.1 Å². The number of esters is 2. The molecule has 4 bridgehead atoms. The van der Waals surface area contributed by atoms with E-state index in [9.17, 15) is 35.9 Å². The normalized spacial score (nSPS) is 41.7. The number of alkyl halides is 6. The molecule has 0 amide bonds. The fourth-order valence-electron chi connectivity index (χ4n) is 11.0. The summed E-state index contributed by atoms with van der Waals surface area (Å²) in [5.41, 5.74) is -3.94. The van der Waals surface area contributed by atoms with E-state index in [1.54, 1.807) is 13.8 Å². The van der Waals surface area contributed by atoms with Crippen LogP contribution in [0.25, 0.3) is 0 Å². The number of halogens is 6. The zero-order chi connectivity index (χ0) is 41.2. The molecule has 2 saturated carbocycles. The van der Waals surface area contributed by atoms with E-state index in [-0.39, 0.29) is 58.8 Å². The summed E-state index contributed by atoms with van der Waals surface area (Å²) in [4.78, 5) is 50.2. The van der Waals surface area contributed by atoms with Gasteiger partial charge >= 0.3 is 24.3 Å². The van der Waals surface area contributed by atoms with E-state index in [4.69, 9.17) is 48.0 Å². The predicted molar refractivity (Wildman–Crippen MR) is 181 cm³/mol. The fourth-order valence-corrected chi connectivity index (χ4v) is 11.0. The summed E-state index contributed by atoms with van der Waals surface area (Å²) in [6, 6.07) is 4.97. The standard InChI is InChI=1S/C40H44F6O12/c1-19-8-10-27-23(29(39(41,42)43)51-33-37(27)25(19)12-14-35(3,53-33)55-57-37)17-49-31(47)21-6-5-7-22(16-21)32(48)50-18-24-28-11-9-20(2)26-13-15-36(4)54-34(38(26,28)58-56-36)52-30(24)40(44,45)46/h5-7,16,19-20,25-28,33-34H,8-15,17-18H2,1-4H3/t19-,20-,25+,26+,27+,28+,33-,34-,35-,36+,37-,38-/m1/s1. The number of allylic oxidation sites excluding steroid dienone is 2. The molecule has 318 valence electrons. The lowest BCUT2D eigenvalue weighted by Crippen LogP contribution is -2.67. The van der Waals surface area contributed by atoms with E-state index >= 15 is 0 Å². The molecule has 0 aromatic heterocycles. The maximum atomic E-state index is 14.6. The molecule has 10 aliphatic rings. The van der Waals surface area contributed by atoms with Crippen molar-refractivity contribution in [1.82, 2.24) is 0 Å². The Kier molecular flexibility index (Phi) is 9.34. The van der Waals surface area contributed by atoms with E-state index in [0.29, 0.717) is 38.5 Å². The molecule has 1 aromatic rings. The molecule has 12 atom stereocenters. The van der Waals surface area contributed by atoms with Crippen molar-refractivity contribution in [2.75, 3.05) is 13.2 Å². The van der Waals surface area contributed by atoms with Crippen LogP contribution in [0.15, 0.2) is 46.9 Å².